The van der Waals surface area contributed by atoms with Crippen LogP contribution in [0, 0.1) is 6.92 Å². The average molecular weight is 377 g/mol. The van der Waals surface area contributed by atoms with Gasteiger partial charge in [-0.25, -0.2) is 0 Å². The van der Waals surface area contributed by atoms with Gasteiger partial charge in [0.1, 0.15) is 0 Å². The lowest BCUT2D eigenvalue weighted by molar-refractivity contribution is 0.0535. The number of halogens is 2. The van der Waals surface area contributed by atoms with Crippen LogP contribution in [-0.4, -0.2) is 47.8 Å². The van der Waals surface area contributed by atoms with E-state index in [2.05, 4.69) is 0 Å². The van der Waals surface area contributed by atoms with E-state index in [9.17, 15) is 9.59 Å². The number of carbonyl (C=O) groups excluding carboxylic acids is 2. The second kappa shape index (κ2) is 7.46. The zero-order chi connectivity index (χ0) is 18.0. The molecule has 25 heavy (non-hydrogen) atoms. The zero-order valence-corrected chi connectivity index (χ0v) is 15.3. The van der Waals surface area contributed by atoms with Gasteiger partial charge >= 0.3 is 0 Å². The molecule has 3 rings (SSSR count). The largest absolute Gasteiger partial charge is 0.335 e. The van der Waals surface area contributed by atoms with Crippen LogP contribution < -0.4 is 0 Å². The van der Waals surface area contributed by atoms with Crippen molar-refractivity contribution in [3.05, 3.63) is 69.2 Å². The summed E-state index contributed by atoms with van der Waals surface area (Å²) >= 11 is 12.1. The number of hydrogen-bond acceptors (Lipinski definition) is 2. The number of piperazine rings is 1. The van der Waals surface area contributed by atoms with Gasteiger partial charge in [-0.15, -0.1) is 0 Å². The molecule has 0 radical (unpaired) electrons. The van der Waals surface area contributed by atoms with Crippen molar-refractivity contribution in [3.8, 4) is 0 Å². The summed E-state index contributed by atoms with van der Waals surface area (Å²) in [5.74, 6) is -0.164. The molecule has 0 atom stereocenters. The maximum absolute atomic E-state index is 12.6. The molecule has 1 aliphatic heterocycles. The van der Waals surface area contributed by atoms with Gasteiger partial charge in [-0.3, -0.25) is 9.59 Å². The predicted octanol–water partition coefficient (Wildman–Crippen LogP) is 3.90. The molecule has 0 N–H and O–H groups in total. The monoisotopic (exact) mass is 376 g/mol. The van der Waals surface area contributed by atoms with Crippen molar-refractivity contribution >= 4 is 35.0 Å². The molecular weight excluding hydrogens is 359 g/mol. The molecule has 1 aliphatic rings. The standard InChI is InChI=1S/C19H18Cl2N2O2/c1-13-2-4-14(5-3-13)18(24)22-8-10-23(11-9-22)19(25)16-12-15(20)6-7-17(16)21/h2-7,12H,8-11H2,1H3. The van der Waals surface area contributed by atoms with Crippen LogP contribution in [0.25, 0.3) is 0 Å². The normalized spacial score (nSPS) is 14.5. The molecule has 2 aromatic rings. The number of rotatable bonds is 2. The Kier molecular flexibility index (Phi) is 5.30. The van der Waals surface area contributed by atoms with Crippen LogP contribution in [0.5, 0.6) is 0 Å². The first-order valence-electron chi connectivity index (χ1n) is 8.06. The van der Waals surface area contributed by atoms with Gasteiger partial charge in [0.25, 0.3) is 11.8 Å². The van der Waals surface area contributed by atoms with E-state index in [1.54, 1.807) is 28.0 Å². The number of carbonyl (C=O) groups is 2. The highest BCUT2D eigenvalue weighted by Crippen LogP contribution is 2.23. The van der Waals surface area contributed by atoms with Crippen molar-refractivity contribution in [1.29, 1.82) is 0 Å². The minimum Gasteiger partial charge on any atom is -0.335 e. The summed E-state index contributed by atoms with van der Waals surface area (Å²) < 4.78 is 0. The molecule has 1 saturated heterocycles. The van der Waals surface area contributed by atoms with Crippen molar-refractivity contribution in [2.24, 2.45) is 0 Å². The molecule has 0 unspecified atom stereocenters. The van der Waals surface area contributed by atoms with Gasteiger partial charge in [0.2, 0.25) is 0 Å². The van der Waals surface area contributed by atoms with Crippen molar-refractivity contribution in [2.45, 2.75) is 6.92 Å². The van der Waals surface area contributed by atoms with Crippen LogP contribution in [0.2, 0.25) is 10.0 Å². The van der Waals surface area contributed by atoms with Gasteiger partial charge < -0.3 is 9.80 Å². The quantitative estimate of drug-likeness (QED) is 0.797. The molecule has 0 aromatic heterocycles. The van der Waals surface area contributed by atoms with Crippen molar-refractivity contribution in [1.82, 2.24) is 9.80 Å². The molecule has 0 bridgehead atoms. The van der Waals surface area contributed by atoms with E-state index in [-0.39, 0.29) is 11.8 Å². The predicted molar refractivity (Wildman–Crippen MR) is 99.4 cm³/mol. The third-order valence-electron chi connectivity index (χ3n) is 4.31. The Labute approximate surface area is 156 Å². The smallest absolute Gasteiger partial charge is 0.255 e. The van der Waals surface area contributed by atoms with E-state index >= 15 is 0 Å². The molecule has 1 heterocycles. The summed E-state index contributed by atoms with van der Waals surface area (Å²) in [7, 11) is 0. The van der Waals surface area contributed by atoms with Crippen LogP contribution in [0.3, 0.4) is 0 Å². The first kappa shape index (κ1) is 17.8. The SMILES string of the molecule is Cc1ccc(C(=O)N2CCN(C(=O)c3cc(Cl)ccc3Cl)CC2)cc1. The summed E-state index contributed by atoms with van der Waals surface area (Å²) in [4.78, 5) is 28.7. The maximum atomic E-state index is 12.6. The van der Waals surface area contributed by atoms with Gasteiger partial charge in [-0.2, -0.15) is 0 Å². The highest BCUT2D eigenvalue weighted by Gasteiger charge is 2.26. The summed E-state index contributed by atoms with van der Waals surface area (Å²) in [5, 5.41) is 0.855. The van der Waals surface area contributed by atoms with Crippen molar-refractivity contribution in [3.63, 3.8) is 0 Å². The lowest BCUT2D eigenvalue weighted by Gasteiger charge is -2.35. The Hall–Kier alpha value is -2.04. The number of benzene rings is 2. The maximum Gasteiger partial charge on any atom is 0.255 e. The minimum atomic E-state index is -0.157. The third kappa shape index (κ3) is 3.97. The average Bonchev–Trinajstić information content (AvgIpc) is 2.63. The Bertz CT molecular complexity index is 798. The molecular formula is C19H18Cl2N2O2. The fraction of sp³-hybridized carbons (Fsp3) is 0.263. The highest BCUT2D eigenvalue weighted by molar-refractivity contribution is 6.35. The van der Waals surface area contributed by atoms with Gasteiger partial charge in [0, 0.05) is 36.8 Å². The molecule has 2 aromatic carbocycles. The number of nitrogens with zero attached hydrogens (tertiary/aromatic N) is 2. The van der Waals surface area contributed by atoms with E-state index < -0.39 is 0 Å². The van der Waals surface area contributed by atoms with Crippen LogP contribution in [0.4, 0.5) is 0 Å². The molecule has 130 valence electrons. The summed E-state index contributed by atoms with van der Waals surface area (Å²) in [6.45, 7) is 3.92. The molecule has 0 aliphatic carbocycles. The van der Waals surface area contributed by atoms with Crippen LogP contribution >= 0.6 is 23.2 Å². The van der Waals surface area contributed by atoms with Gasteiger partial charge in [0.15, 0.2) is 0 Å². The van der Waals surface area contributed by atoms with Crippen molar-refractivity contribution in [2.75, 3.05) is 26.2 Å². The van der Waals surface area contributed by atoms with Crippen LogP contribution in [0.15, 0.2) is 42.5 Å². The molecule has 0 saturated carbocycles. The van der Waals surface area contributed by atoms with E-state index in [4.69, 9.17) is 23.2 Å². The molecule has 4 nitrogen and oxygen atoms in total. The fourth-order valence-corrected chi connectivity index (χ4v) is 3.19. The first-order valence-corrected chi connectivity index (χ1v) is 8.81. The van der Waals surface area contributed by atoms with Crippen molar-refractivity contribution < 1.29 is 9.59 Å². The zero-order valence-electron chi connectivity index (χ0n) is 13.8. The fourth-order valence-electron chi connectivity index (χ4n) is 2.82. The number of hydrogen-bond donors (Lipinski definition) is 0. The Morgan fingerprint density at radius 1 is 0.840 bits per heavy atom. The molecule has 2 amide bonds. The van der Waals surface area contributed by atoms with E-state index in [0.717, 1.165) is 5.56 Å². The lowest BCUT2D eigenvalue weighted by Crippen LogP contribution is -2.50. The van der Waals surface area contributed by atoms with Crippen LogP contribution in [0.1, 0.15) is 26.3 Å². The topological polar surface area (TPSA) is 40.6 Å². The minimum absolute atomic E-state index is 0.00659. The summed E-state index contributed by atoms with van der Waals surface area (Å²) in [6, 6.07) is 12.4. The lowest BCUT2D eigenvalue weighted by atomic mass is 10.1. The molecule has 0 spiro atoms. The van der Waals surface area contributed by atoms with E-state index in [0.29, 0.717) is 47.4 Å². The second-order valence-corrected chi connectivity index (χ2v) is 6.92. The van der Waals surface area contributed by atoms with Gasteiger partial charge in [-0.05, 0) is 37.3 Å². The van der Waals surface area contributed by atoms with E-state index in [1.807, 2.05) is 31.2 Å². The number of amides is 2. The highest BCUT2D eigenvalue weighted by atomic mass is 35.5. The Balaban J connectivity index is 1.65. The summed E-state index contributed by atoms with van der Waals surface area (Å²) in [5.41, 5.74) is 2.18. The van der Waals surface area contributed by atoms with Gasteiger partial charge in [-0.1, -0.05) is 40.9 Å². The third-order valence-corrected chi connectivity index (χ3v) is 4.88. The Morgan fingerprint density at radius 2 is 1.40 bits per heavy atom. The molecule has 1 fully saturated rings. The molecule has 6 heteroatoms. The van der Waals surface area contributed by atoms with E-state index in [1.165, 1.54) is 0 Å². The summed E-state index contributed by atoms with van der Waals surface area (Å²) in [6.07, 6.45) is 0. The Morgan fingerprint density at radius 3 is 2.00 bits per heavy atom. The number of aryl methyl sites for hydroxylation is 1. The second-order valence-electron chi connectivity index (χ2n) is 6.07. The van der Waals surface area contributed by atoms with Gasteiger partial charge in [0.05, 0.1) is 10.6 Å². The first-order chi connectivity index (χ1) is 12.0. The van der Waals surface area contributed by atoms with Crippen LogP contribution in [-0.2, 0) is 0 Å².